The van der Waals surface area contributed by atoms with Gasteiger partial charge in [-0.1, -0.05) is 64.7 Å². The quantitative estimate of drug-likeness (QED) is 0.366. The summed E-state index contributed by atoms with van der Waals surface area (Å²) in [5.74, 6) is 0.413. The van der Waals surface area contributed by atoms with Crippen LogP contribution in [0.15, 0.2) is 24.3 Å². The van der Waals surface area contributed by atoms with E-state index in [0.717, 1.165) is 13.0 Å². The van der Waals surface area contributed by atoms with Gasteiger partial charge in [-0.15, -0.1) is 0 Å². The van der Waals surface area contributed by atoms with Crippen LogP contribution in [0.2, 0.25) is 0 Å². The van der Waals surface area contributed by atoms with Crippen LogP contribution in [-0.4, -0.2) is 31.5 Å². The van der Waals surface area contributed by atoms with Crippen molar-refractivity contribution >= 4 is 17.5 Å². The van der Waals surface area contributed by atoms with Crippen LogP contribution in [0.4, 0.5) is 5.69 Å². The van der Waals surface area contributed by atoms with Gasteiger partial charge in [0.25, 0.3) is 5.91 Å². The van der Waals surface area contributed by atoms with E-state index in [1.54, 1.807) is 31.4 Å². The van der Waals surface area contributed by atoms with Crippen molar-refractivity contribution in [2.45, 2.75) is 83.6 Å². The highest BCUT2D eigenvalue weighted by molar-refractivity contribution is 6.22. The lowest BCUT2D eigenvalue weighted by Gasteiger charge is -2.16. The minimum atomic E-state index is -0.395. The van der Waals surface area contributed by atoms with Gasteiger partial charge in [-0.2, -0.15) is 0 Å². The van der Waals surface area contributed by atoms with Crippen molar-refractivity contribution in [3.8, 4) is 5.75 Å². The number of anilines is 1. The van der Waals surface area contributed by atoms with Crippen LogP contribution in [0.5, 0.6) is 5.75 Å². The van der Waals surface area contributed by atoms with E-state index in [9.17, 15) is 9.59 Å². The van der Waals surface area contributed by atoms with E-state index < -0.39 is 6.04 Å². The second-order valence-electron chi connectivity index (χ2n) is 7.66. The molecule has 0 saturated carbocycles. The topological polar surface area (TPSA) is 58.6 Å². The Morgan fingerprint density at radius 3 is 2.07 bits per heavy atom. The summed E-state index contributed by atoms with van der Waals surface area (Å²) in [5.41, 5.74) is 0.610. The Hall–Kier alpha value is -1.88. The van der Waals surface area contributed by atoms with Gasteiger partial charge < -0.3 is 10.1 Å². The Bertz CT molecular complexity index is 600. The third kappa shape index (κ3) is 6.93. The number of benzene rings is 1. The van der Waals surface area contributed by atoms with Crippen LogP contribution in [0.25, 0.3) is 0 Å². The molecule has 156 valence electrons. The third-order valence-corrected chi connectivity index (χ3v) is 5.40. The molecular formula is C23H36N2O3. The number of amides is 2. The van der Waals surface area contributed by atoms with Crippen LogP contribution in [0.1, 0.15) is 77.6 Å². The third-order valence-electron chi connectivity index (χ3n) is 5.40. The van der Waals surface area contributed by atoms with Crippen LogP contribution < -0.4 is 15.0 Å². The molecule has 0 aliphatic carbocycles. The molecule has 28 heavy (non-hydrogen) atoms. The molecule has 1 aromatic carbocycles. The van der Waals surface area contributed by atoms with Gasteiger partial charge >= 0.3 is 0 Å². The minimum Gasteiger partial charge on any atom is -0.497 e. The predicted octanol–water partition coefficient (Wildman–Crippen LogP) is 4.84. The van der Waals surface area contributed by atoms with E-state index >= 15 is 0 Å². The Morgan fingerprint density at radius 1 is 0.929 bits per heavy atom. The SMILES string of the molecule is CCCCCCCCCCCCN[C@@H]1CC(=O)N(c2ccc(OC)cc2)C1=O. The highest BCUT2D eigenvalue weighted by Crippen LogP contribution is 2.25. The van der Waals surface area contributed by atoms with Gasteiger partial charge in [0.2, 0.25) is 5.91 Å². The monoisotopic (exact) mass is 388 g/mol. The zero-order chi connectivity index (χ0) is 20.2. The van der Waals surface area contributed by atoms with Gasteiger partial charge in [-0.3, -0.25) is 9.59 Å². The maximum atomic E-state index is 12.6. The minimum absolute atomic E-state index is 0.143. The first-order valence-corrected chi connectivity index (χ1v) is 10.9. The number of methoxy groups -OCH3 is 1. The molecule has 0 spiro atoms. The molecule has 1 atom stereocenters. The molecule has 1 aromatic rings. The van der Waals surface area contributed by atoms with Gasteiger partial charge in [-0.25, -0.2) is 4.90 Å². The second-order valence-corrected chi connectivity index (χ2v) is 7.66. The molecule has 0 unspecified atom stereocenters. The number of carbonyl (C=O) groups is 2. The lowest BCUT2D eigenvalue weighted by molar-refractivity contribution is -0.121. The summed E-state index contributed by atoms with van der Waals surface area (Å²) in [5, 5.41) is 3.27. The number of rotatable bonds is 14. The first-order chi connectivity index (χ1) is 13.7. The lowest BCUT2D eigenvalue weighted by Crippen LogP contribution is -2.39. The molecule has 0 radical (unpaired) electrons. The Balaban J connectivity index is 1.60. The van der Waals surface area contributed by atoms with E-state index in [0.29, 0.717) is 11.4 Å². The average molecular weight is 389 g/mol. The molecule has 1 heterocycles. The molecule has 1 aliphatic rings. The van der Waals surface area contributed by atoms with Crippen LogP contribution in [0, 0.1) is 0 Å². The summed E-state index contributed by atoms with van der Waals surface area (Å²) < 4.78 is 5.13. The molecule has 1 aliphatic heterocycles. The molecule has 2 rings (SSSR count). The highest BCUT2D eigenvalue weighted by atomic mass is 16.5. The molecular weight excluding hydrogens is 352 g/mol. The molecule has 2 amide bonds. The van der Waals surface area contributed by atoms with Crippen LogP contribution in [-0.2, 0) is 9.59 Å². The van der Waals surface area contributed by atoms with Crippen molar-refractivity contribution in [2.24, 2.45) is 0 Å². The number of imide groups is 1. The standard InChI is InChI=1S/C23H36N2O3/c1-3-4-5-6-7-8-9-10-11-12-17-24-21-18-22(26)25(23(21)27)19-13-15-20(28-2)16-14-19/h13-16,21,24H,3-12,17-18H2,1-2H3/t21-/m1/s1. The van der Waals surface area contributed by atoms with Gasteiger partial charge in [0.1, 0.15) is 5.75 Å². The van der Waals surface area contributed by atoms with Crippen LogP contribution >= 0.6 is 0 Å². The molecule has 0 bridgehead atoms. The van der Waals surface area contributed by atoms with E-state index in [2.05, 4.69) is 12.2 Å². The fourth-order valence-corrected chi connectivity index (χ4v) is 3.68. The van der Waals surface area contributed by atoms with Gasteiger partial charge in [-0.05, 0) is 37.2 Å². The average Bonchev–Trinajstić information content (AvgIpc) is 2.99. The summed E-state index contributed by atoms with van der Waals surface area (Å²) in [6.45, 7) is 3.04. The summed E-state index contributed by atoms with van der Waals surface area (Å²) in [6, 6.07) is 6.63. The maximum Gasteiger partial charge on any atom is 0.251 e. The van der Waals surface area contributed by atoms with E-state index in [1.807, 2.05) is 0 Å². The summed E-state index contributed by atoms with van der Waals surface area (Å²) in [7, 11) is 1.59. The van der Waals surface area contributed by atoms with Gasteiger partial charge in [0.05, 0.1) is 25.3 Å². The molecule has 5 nitrogen and oxygen atoms in total. The van der Waals surface area contributed by atoms with Gasteiger partial charge in [0.15, 0.2) is 0 Å². The zero-order valence-electron chi connectivity index (χ0n) is 17.5. The lowest BCUT2D eigenvalue weighted by atomic mass is 10.1. The Kier molecular flexibility index (Phi) is 10.0. The van der Waals surface area contributed by atoms with Crippen molar-refractivity contribution in [3.05, 3.63) is 24.3 Å². The first kappa shape index (κ1) is 22.4. The maximum absolute atomic E-state index is 12.6. The molecule has 1 fully saturated rings. The van der Waals surface area contributed by atoms with Gasteiger partial charge in [0, 0.05) is 0 Å². The van der Waals surface area contributed by atoms with Crippen LogP contribution in [0.3, 0.4) is 0 Å². The van der Waals surface area contributed by atoms with E-state index in [1.165, 1.54) is 62.7 Å². The fraction of sp³-hybridized carbons (Fsp3) is 0.652. The number of unbranched alkanes of at least 4 members (excludes halogenated alkanes) is 9. The molecule has 1 N–H and O–H groups in total. The number of hydrogen-bond acceptors (Lipinski definition) is 4. The number of hydrogen-bond donors (Lipinski definition) is 1. The van der Waals surface area contributed by atoms with E-state index in [4.69, 9.17) is 4.74 Å². The number of carbonyl (C=O) groups excluding carboxylic acids is 2. The fourth-order valence-electron chi connectivity index (χ4n) is 3.68. The molecule has 0 aromatic heterocycles. The predicted molar refractivity (Wildman–Crippen MR) is 114 cm³/mol. The van der Waals surface area contributed by atoms with E-state index in [-0.39, 0.29) is 18.2 Å². The first-order valence-electron chi connectivity index (χ1n) is 10.9. The smallest absolute Gasteiger partial charge is 0.251 e. The van der Waals surface area contributed by atoms with Crippen molar-refractivity contribution < 1.29 is 14.3 Å². The zero-order valence-corrected chi connectivity index (χ0v) is 17.5. The molecule has 1 saturated heterocycles. The van der Waals surface area contributed by atoms with Crippen molar-refractivity contribution in [1.29, 1.82) is 0 Å². The number of ether oxygens (including phenoxy) is 1. The van der Waals surface area contributed by atoms with Crippen molar-refractivity contribution in [2.75, 3.05) is 18.6 Å². The Labute approximate surface area is 169 Å². The Morgan fingerprint density at radius 2 is 1.50 bits per heavy atom. The largest absolute Gasteiger partial charge is 0.497 e. The number of nitrogens with one attached hydrogen (secondary N) is 1. The summed E-state index contributed by atoms with van der Waals surface area (Å²) in [6.07, 6.45) is 13.1. The summed E-state index contributed by atoms with van der Waals surface area (Å²) >= 11 is 0. The van der Waals surface area contributed by atoms with Crippen molar-refractivity contribution in [1.82, 2.24) is 5.32 Å². The second kappa shape index (κ2) is 12.6. The highest BCUT2D eigenvalue weighted by Gasteiger charge is 2.39. The number of nitrogens with zero attached hydrogens (tertiary/aromatic N) is 1. The summed E-state index contributed by atoms with van der Waals surface area (Å²) in [4.78, 5) is 26.2. The van der Waals surface area contributed by atoms with Crippen molar-refractivity contribution in [3.63, 3.8) is 0 Å². The molecule has 5 heteroatoms. The normalized spacial score (nSPS) is 16.8.